The third-order valence-corrected chi connectivity index (χ3v) is 1.99. The minimum absolute atomic E-state index is 0.534. The van der Waals surface area contributed by atoms with Crippen molar-refractivity contribution < 1.29 is 9.47 Å². The van der Waals surface area contributed by atoms with Crippen LogP contribution in [0.25, 0.3) is 0 Å². The predicted octanol–water partition coefficient (Wildman–Crippen LogP) is 0.227. The van der Waals surface area contributed by atoms with Crippen molar-refractivity contribution in [3.63, 3.8) is 0 Å². The third-order valence-electron chi connectivity index (χ3n) is 1.99. The van der Waals surface area contributed by atoms with Gasteiger partial charge < -0.3 is 20.2 Å². The molecular formula is C10H19N5O2. The average molecular weight is 241 g/mol. The van der Waals surface area contributed by atoms with Crippen LogP contribution < -0.4 is 16.6 Å². The van der Waals surface area contributed by atoms with Crippen molar-refractivity contribution in [2.45, 2.75) is 6.42 Å². The molecule has 96 valence electrons. The predicted molar refractivity (Wildman–Crippen MR) is 65.6 cm³/mol. The molecule has 1 aromatic heterocycles. The number of anilines is 2. The van der Waals surface area contributed by atoms with Crippen LogP contribution in [0.1, 0.15) is 6.42 Å². The summed E-state index contributed by atoms with van der Waals surface area (Å²) in [4.78, 5) is 8.15. The number of ether oxygens (including phenoxy) is 2. The summed E-state index contributed by atoms with van der Waals surface area (Å²) in [6, 6.07) is 0. The van der Waals surface area contributed by atoms with Crippen LogP contribution in [0.4, 0.5) is 11.6 Å². The Morgan fingerprint density at radius 1 is 1.24 bits per heavy atom. The van der Waals surface area contributed by atoms with E-state index in [0.717, 1.165) is 13.0 Å². The van der Waals surface area contributed by atoms with Gasteiger partial charge in [-0.3, -0.25) is 4.98 Å². The fourth-order valence-electron chi connectivity index (χ4n) is 1.16. The molecular weight excluding hydrogens is 222 g/mol. The Labute approximate surface area is 101 Å². The van der Waals surface area contributed by atoms with Gasteiger partial charge in [0.1, 0.15) is 5.82 Å². The van der Waals surface area contributed by atoms with Crippen LogP contribution in [0, 0.1) is 0 Å². The number of aromatic nitrogens is 2. The van der Waals surface area contributed by atoms with Gasteiger partial charge in [0.05, 0.1) is 25.6 Å². The molecule has 0 atom stereocenters. The van der Waals surface area contributed by atoms with Crippen molar-refractivity contribution in [3.8, 4) is 0 Å². The van der Waals surface area contributed by atoms with Crippen molar-refractivity contribution in [2.24, 2.45) is 5.84 Å². The first kappa shape index (κ1) is 13.6. The molecule has 7 nitrogen and oxygen atoms in total. The topological polar surface area (TPSA) is 94.3 Å². The number of nitrogens with one attached hydrogen (secondary N) is 2. The lowest BCUT2D eigenvalue weighted by Crippen LogP contribution is -2.12. The lowest BCUT2D eigenvalue weighted by molar-refractivity contribution is 0.0705. The summed E-state index contributed by atoms with van der Waals surface area (Å²) in [5.74, 6) is 6.46. The van der Waals surface area contributed by atoms with E-state index in [0.29, 0.717) is 31.5 Å². The first-order chi connectivity index (χ1) is 8.36. The molecule has 0 saturated heterocycles. The maximum Gasteiger partial charge on any atom is 0.160 e. The minimum atomic E-state index is 0.534. The van der Waals surface area contributed by atoms with Crippen LogP contribution in [-0.4, -0.2) is 43.4 Å². The van der Waals surface area contributed by atoms with Crippen molar-refractivity contribution in [2.75, 3.05) is 44.2 Å². The molecule has 0 aliphatic rings. The Morgan fingerprint density at radius 2 is 2.06 bits per heavy atom. The van der Waals surface area contributed by atoms with Crippen molar-refractivity contribution in [3.05, 3.63) is 12.4 Å². The third kappa shape index (κ3) is 6.00. The second kappa shape index (κ2) is 8.68. The molecule has 0 bridgehead atoms. The zero-order valence-corrected chi connectivity index (χ0v) is 9.98. The molecule has 1 heterocycles. The van der Waals surface area contributed by atoms with Crippen LogP contribution in [-0.2, 0) is 9.47 Å². The Balaban J connectivity index is 2.09. The second-order valence-electron chi connectivity index (χ2n) is 3.32. The quantitative estimate of drug-likeness (QED) is 0.323. The maximum atomic E-state index is 5.32. The van der Waals surface area contributed by atoms with E-state index in [4.69, 9.17) is 15.3 Å². The molecule has 0 aliphatic heterocycles. The van der Waals surface area contributed by atoms with Crippen LogP contribution in [0.3, 0.4) is 0 Å². The van der Waals surface area contributed by atoms with Gasteiger partial charge in [-0.2, -0.15) is 0 Å². The number of nitrogens with zero attached hydrogens (tertiary/aromatic N) is 2. The van der Waals surface area contributed by atoms with Gasteiger partial charge >= 0.3 is 0 Å². The van der Waals surface area contributed by atoms with Gasteiger partial charge in [0.2, 0.25) is 0 Å². The van der Waals surface area contributed by atoms with Gasteiger partial charge in [0, 0.05) is 20.3 Å². The highest BCUT2D eigenvalue weighted by atomic mass is 16.5. The normalized spacial score (nSPS) is 10.2. The first-order valence-electron chi connectivity index (χ1n) is 5.46. The summed E-state index contributed by atoms with van der Waals surface area (Å²) in [5.41, 5.74) is 2.44. The molecule has 0 radical (unpaired) electrons. The van der Waals surface area contributed by atoms with Crippen molar-refractivity contribution in [1.82, 2.24) is 9.97 Å². The van der Waals surface area contributed by atoms with Gasteiger partial charge in [-0.05, 0) is 6.42 Å². The number of hydrogen-bond acceptors (Lipinski definition) is 7. The summed E-state index contributed by atoms with van der Waals surface area (Å²) < 4.78 is 10.2. The van der Waals surface area contributed by atoms with E-state index in [2.05, 4.69) is 20.7 Å². The summed E-state index contributed by atoms with van der Waals surface area (Å²) >= 11 is 0. The van der Waals surface area contributed by atoms with E-state index in [1.165, 1.54) is 0 Å². The zero-order chi connectivity index (χ0) is 12.3. The fourth-order valence-corrected chi connectivity index (χ4v) is 1.16. The van der Waals surface area contributed by atoms with Gasteiger partial charge in [-0.25, -0.2) is 10.8 Å². The van der Waals surface area contributed by atoms with E-state index >= 15 is 0 Å². The lowest BCUT2D eigenvalue weighted by Gasteiger charge is -2.07. The van der Waals surface area contributed by atoms with E-state index < -0.39 is 0 Å². The van der Waals surface area contributed by atoms with Gasteiger partial charge in [0.25, 0.3) is 0 Å². The molecule has 0 unspecified atom stereocenters. The Kier molecular flexibility index (Phi) is 6.96. The van der Waals surface area contributed by atoms with Crippen LogP contribution >= 0.6 is 0 Å². The zero-order valence-electron chi connectivity index (χ0n) is 9.98. The van der Waals surface area contributed by atoms with Crippen molar-refractivity contribution >= 4 is 11.6 Å². The smallest absolute Gasteiger partial charge is 0.160 e. The highest BCUT2D eigenvalue weighted by molar-refractivity contribution is 5.40. The monoisotopic (exact) mass is 241 g/mol. The number of methoxy groups -OCH3 is 1. The maximum absolute atomic E-state index is 5.32. The van der Waals surface area contributed by atoms with E-state index in [-0.39, 0.29) is 0 Å². The van der Waals surface area contributed by atoms with E-state index in [9.17, 15) is 0 Å². The Bertz CT molecular complexity index is 311. The SMILES string of the molecule is COCCOCCCNc1cncc(NN)n1. The van der Waals surface area contributed by atoms with Crippen LogP contribution in [0.15, 0.2) is 12.4 Å². The lowest BCUT2D eigenvalue weighted by atomic mass is 10.4. The fraction of sp³-hybridized carbons (Fsp3) is 0.600. The number of nitrogens with two attached hydrogens (primary N) is 1. The van der Waals surface area contributed by atoms with Gasteiger partial charge in [-0.1, -0.05) is 0 Å². The average Bonchev–Trinajstić information content (AvgIpc) is 2.38. The summed E-state index contributed by atoms with van der Waals surface area (Å²) in [6.45, 7) is 2.72. The Hall–Kier alpha value is -1.44. The summed E-state index contributed by atoms with van der Waals surface area (Å²) in [7, 11) is 1.65. The van der Waals surface area contributed by atoms with Crippen molar-refractivity contribution in [1.29, 1.82) is 0 Å². The number of hydrogen-bond donors (Lipinski definition) is 3. The molecule has 1 rings (SSSR count). The molecule has 17 heavy (non-hydrogen) atoms. The van der Waals surface area contributed by atoms with E-state index in [1.54, 1.807) is 19.5 Å². The highest BCUT2D eigenvalue weighted by Crippen LogP contribution is 2.04. The molecule has 4 N–H and O–H groups in total. The minimum Gasteiger partial charge on any atom is -0.382 e. The number of rotatable bonds is 9. The van der Waals surface area contributed by atoms with Crippen LogP contribution in [0.5, 0.6) is 0 Å². The van der Waals surface area contributed by atoms with Gasteiger partial charge in [0.15, 0.2) is 5.82 Å². The summed E-state index contributed by atoms with van der Waals surface area (Å²) in [6.07, 6.45) is 4.09. The molecule has 0 amide bonds. The molecule has 0 aromatic carbocycles. The second-order valence-corrected chi connectivity index (χ2v) is 3.32. The molecule has 0 saturated carbocycles. The number of nitrogen functional groups attached to an aromatic ring is 1. The highest BCUT2D eigenvalue weighted by Gasteiger charge is 1.96. The molecule has 0 fully saturated rings. The molecule has 0 spiro atoms. The standard InChI is InChI=1S/C10H19N5O2/c1-16-5-6-17-4-2-3-13-9-7-12-8-10(14-9)15-11/h7-8H,2-6,11H2,1H3,(H2,13,14,15). The Morgan fingerprint density at radius 3 is 2.82 bits per heavy atom. The van der Waals surface area contributed by atoms with Crippen LogP contribution in [0.2, 0.25) is 0 Å². The first-order valence-corrected chi connectivity index (χ1v) is 5.46. The largest absolute Gasteiger partial charge is 0.382 e. The number of hydrazine groups is 1. The summed E-state index contributed by atoms with van der Waals surface area (Å²) in [5, 5.41) is 3.13. The molecule has 7 heteroatoms. The molecule has 1 aromatic rings. The van der Waals surface area contributed by atoms with Gasteiger partial charge in [-0.15, -0.1) is 0 Å². The molecule has 0 aliphatic carbocycles. The van der Waals surface area contributed by atoms with E-state index in [1.807, 2.05) is 0 Å².